The lowest BCUT2D eigenvalue weighted by Crippen LogP contribution is -2.41. The molecule has 27 heavy (non-hydrogen) atoms. The summed E-state index contributed by atoms with van der Waals surface area (Å²) in [5, 5.41) is 9.88. The van der Waals surface area contributed by atoms with Crippen molar-refractivity contribution in [1.82, 2.24) is 14.5 Å². The molecule has 1 fully saturated rings. The second-order valence-electron chi connectivity index (χ2n) is 6.37. The molecule has 1 aliphatic rings. The topological polar surface area (TPSA) is 115 Å². The first-order valence-corrected chi connectivity index (χ1v) is 10.1. The number of carbonyl (C=O) groups excluding carboxylic acids is 1. The van der Waals surface area contributed by atoms with E-state index in [-0.39, 0.29) is 35.0 Å². The van der Waals surface area contributed by atoms with E-state index < -0.39 is 15.9 Å². The Morgan fingerprint density at radius 1 is 1.30 bits per heavy atom. The molecule has 1 aliphatic heterocycles. The number of ether oxygens (including phenoxy) is 1. The highest BCUT2D eigenvalue weighted by Crippen LogP contribution is 2.25. The number of carbonyl (C=O) groups is 1. The molecule has 0 spiro atoms. The summed E-state index contributed by atoms with van der Waals surface area (Å²) >= 11 is 0. The van der Waals surface area contributed by atoms with Gasteiger partial charge in [0.2, 0.25) is 15.9 Å². The van der Waals surface area contributed by atoms with Crippen molar-refractivity contribution in [1.29, 1.82) is 0 Å². The maximum absolute atomic E-state index is 12.8. The van der Waals surface area contributed by atoms with Gasteiger partial charge in [-0.2, -0.15) is 4.31 Å². The lowest BCUT2D eigenvalue weighted by Gasteiger charge is -2.32. The van der Waals surface area contributed by atoms with Gasteiger partial charge in [0.05, 0.1) is 4.90 Å². The van der Waals surface area contributed by atoms with Crippen LogP contribution < -0.4 is 5.32 Å². The molecule has 9 nitrogen and oxygen atoms in total. The van der Waals surface area contributed by atoms with Gasteiger partial charge >= 0.3 is 6.01 Å². The number of methoxy groups -OCH3 is 1. The third kappa shape index (κ3) is 4.34. The summed E-state index contributed by atoms with van der Waals surface area (Å²) < 4.78 is 37.2. The minimum atomic E-state index is -3.57. The van der Waals surface area contributed by atoms with Gasteiger partial charge in [0, 0.05) is 25.3 Å². The summed E-state index contributed by atoms with van der Waals surface area (Å²) in [4.78, 5) is 12.4. The lowest BCUT2D eigenvalue weighted by molar-refractivity contribution is 0.102. The second kappa shape index (κ2) is 8.15. The van der Waals surface area contributed by atoms with Crippen molar-refractivity contribution >= 4 is 21.9 Å². The summed E-state index contributed by atoms with van der Waals surface area (Å²) in [5.41, 5.74) is 0.284. The van der Waals surface area contributed by atoms with E-state index in [2.05, 4.69) is 15.5 Å². The van der Waals surface area contributed by atoms with E-state index in [1.54, 1.807) is 0 Å². The first-order chi connectivity index (χ1) is 12.9. The molecule has 146 valence electrons. The first kappa shape index (κ1) is 19.5. The van der Waals surface area contributed by atoms with E-state index in [0.717, 1.165) is 19.3 Å². The van der Waals surface area contributed by atoms with Crippen LogP contribution in [0, 0.1) is 0 Å². The molecule has 1 aromatic carbocycles. The number of aromatic nitrogens is 2. The molecule has 0 saturated carbocycles. The van der Waals surface area contributed by atoms with Crippen LogP contribution in [0.15, 0.2) is 33.6 Å². The third-order valence-corrected chi connectivity index (χ3v) is 6.45. The Labute approximate surface area is 157 Å². The zero-order chi connectivity index (χ0) is 19.4. The monoisotopic (exact) mass is 394 g/mol. The van der Waals surface area contributed by atoms with Crippen molar-refractivity contribution < 1.29 is 22.4 Å². The van der Waals surface area contributed by atoms with E-state index in [1.807, 2.05) is 6.92 Å². The standard InChI is InChI=1S/C17H22N4O5S/c1-12-5-3-4-10-21(12)27(23,24)14-8-6-13(7-9-14)16(22)18-17-20-19-15(26-17)11-25-2/h6-9,12H,3-5,10-11H2,1-2H3,(H,18,20,22)/t12-/m1/s1. The number of piperidine rings is 1. The van der Waals surface area contributed by atoms with Gasteiger partial charge in [-0.3, -0.25) is 10.1 Å². The number of benzene rings is 1. The number of hydrogen-bond acceptors (Lipinski definition) is 7. The average molecular weight is 394 g/mol. The minimum Gasteiger partial charge on any atom is -0.405 e. The number of hydrogen-bond donors (Lipinski definition) is 1. The smallest absolute Gasteiger partial charge is 0.322 e. The molecule has 1 amide bonds. The average Bonchev–Trinajstić information content (AvgIpc) is 3.09. The fraction of sp³-hybridized carbons (Fsp3) is 0.471. The molecule has 1 atom stereocenters. The van der Waals surface area contributed by atoms with Gasteiger partial charge in [-0.25, -0.2) is 8.42 Å². The number of anilines is 1. The molecule has 1 aromatic heterocycles. The summed E-state index contributed by atoms with van der Waals surface area (Å²) in [6.07, 6.45) is 2.75. The summed E-state index contributed by atoms with van der Waals surface area (Å²) in [6, 6.07) is 5.73. The summed E-state index contributed by atoms with van der Waals surface area (Å²) in [5.74, 6) is -0.234. The van der Waals surface area contributed by atoms with Gasteiger partial charge in [0.25, 0.3) is 5.91 Å². The Balaban J connectivity index is 1.71. The summed E-state index contributed by atoms with van der Waals surface area (Å²) in [7, 11) is -2.08. The van der Waals surface area contributed by atoms with E-state index >= 15 is 0 Å². The maximum Gasteiger partial charge on any atom is 0.322 e. The fourth-order valence-corrected chi connectivity index (χ4v) is 4.70. The predicted molar refractivity (Wildman–Crippen MR) is 96.6 cm³/mol. The molecule has 1 saturated heterocycles. The Morgan fingerprint density at radius 3 is 2.70 bits per heavy atom. The number of nitrogens with one attached hydrogen (secondary N) is 1. The van der Waals surface area contributed by atoms with Crippen LogP contribution in [0.25, 0.3) is 0 Å². The van der Waals surface area contributed by atoms with Gasteiger partial charge in [-0.05, 0) is 44.0 Å². The van der Waals surface area contributed by atoms with Crippen molar-refractivity contribution in [3.63, 3.8) is 0 Å². The Bertz CT molecular complexity index is 894. The third-order valence-electron chi connectivity index (χ3n) is 4.42. The van der Waals surface area contributed by atoms with Gasteiger partial charge in [0.15, 0.2) is 0 Å². The van der Waals surface area contributed by atoms with Crippen LogP contribution in [-0.4, -0.2) is 48.5 Å². The second-order valence-corrected chi connectivity index (χ2v) is 8.26. The molecule has 2 aromatic rings. The number of rotatable bonds is 6. The molecule has 0 unspecified atom stereocenters. The number of amides is 1. The van der Waals surface area contributed by atoms with Crippen LogP contribution in [0.2, 0.25) is 0 Å². The first-order valence-electron chi connectivity index (χ1n) is 8.66. The molecule has 3 rings (SSSR count). The van der Waals surface area contributed by atoms with Gasteiger partial charge in [-0.1, -0.05) is 11.5 Å². The number of nitrogens with zero attached hydrogens (tertiary/aromatic N) is 3. The van der Waals surface area contributed by atoms with E-state index in [4.69, 9.17) is 9.15 Å². The highest BCUT2D eigenvalue weighted by Gasteiger charge is 2.30. The van der Waals surface area contributed by atoms with E-state index in [1.165, 1.54) is 35.7 Å². The molecule has 1 N–H and O–H groups in total. The Morgan fingerprint density at radius 2 is 2.04 bits per heavy atom. The van der Waals surface area contributed by atoms with E-state index in [0.29, 0.717) is 6.54 Å². The Kier molecular flexibility index (Phi) is 5.88. The SMILES string of the molecule is COCc1nnc(NC(=O)c2ccc(S(=O)(=O)N3CCCC[C@H]3C)cc2)o1. The molecule has 10 heteroatoms. The molecular weight excluding hydrogens is 372 g/mol. The van der Waals surface area contributed by atoms with Gasteiger partial charge < -0.3 is 9.15 Å². The molecular formula is C17H22N4O5S. The van der Waals surface area contributed by atoms with Gasteiger partial charge in [0.1, 0.15) is 6.61 Å². The summed E-state index contributed by atoms with van der Waals surface area (Å²) in [6.45, 7) is 2.58. The molecule has 2 heterocycles. The van der Waals surface area contributed by atoms with Crippen LogP contribution in [-0.2, 0) is 21.4 Å². The largest absolute Gasteiger partial charge is 0.405 e. The van der Waals surface area contributed by atoms with Crippen molar-refractivity contribution in [2.45, 2.75) is 43.7 Å². The van der Waals surface area contributed by atoms with Crippen LogP contribution in [0.5, 0.6) is 0 Å². The highest BCUT2D eigenvalue weighted by molar-refractivity contribution is 7.89. The predicted octanol–water partition coefficient (Wildman–Crippen LogP) is 2.03. The number of sulfonamides is 1. The minimum absolute atomic E-state index is 0.0226. The highest BCUT2D eigenvalue weighted by atomic mass is 32.2. The van der Waals surface area contributed by atoms with Crippen molar-refractivity contribution in [3.8, 4) is 0 Å². The Hall–Kier alpha value is -2.30. The lowest BCUT2D eigenvalue weighted by atomic mass is 10.1. The zero-order valence-electron chi connectivity index (χ0n) is 15.2. The zero-order valence-corrected chi connectivity index (χ0v) is 16.0. The quantitative estimate of drug-likeness (QED) is 0.797. The van der Waals surface area contributed by atoms with Crippen molar-refractivity contribution in [2.24, 2.45) is 0 Å². The van der Waals surface area contributed by atoms with Crippen molar-refractivity contribution in [3.05, 3.63) is 35.7 Å². The molecule has 0 aliphatic carbocycles. The van der Waals surface area contributed by atoms with Crippen LogP contribution in [0.4, 0.5) is 6.01 Å². The fourth-order valence-electron chi connectivity index (χ4n) is 3.00. The van der Waals surface area contributed by atoms with Crippen LogP contribution in [0.1, 0.15) is 42.4 Å². The normalized spacial score (nSPS) is 18.4. The van der Waals surface area contributed by atoms with E-state index in [9.17, 15) is 13.2 Å². The van der Waals surface area contributed by atoms with Crippen LogP contribution >= 0.6 is 0 Å². The van der Waals surface area contributed by atoms with Gasteiger partial charge in [-0.15, -0.1) is 5.10 Å². The maximum atomic E-state index is 12.8. The van der Waals surface area contributed by atoms with Crippen molar-refractivity contribution in [2.75, 3.05) is 19.0 Å². The van der Waals surface area contributed by atoms with Crippen LogP contribution in [0.3, 0.4) is 0 Å². The molecule has 0 radical (unpaired) electrons. The molecule has 0 bridgehead atoms.